The zero-order chi connectivity index (χ0) is 16.3. The van der Waals surface area contributed by atoms with E-state index < -0.39 is 6.10 Å². The molecule has 4 nitrogen and oxygen atoms in total. The lowest BCUT2D eigenvalue weighted by molar-refractivity contribution is -0.122. The number of hydrogen-bond acceptors (Lipinski definition) is 3. The Morgan fingerprint density at radius 2 is 1.73 bits per heavy atom. The monoisotopic (exact) mass is 338 g/mol. The molecule has 6 heteroatoms. The molecular weight excluding hydrogens is 323 g/mol. The number of benzene rings is 2. The first-order chi connectivity index (χ1) is 10.4. The van der Waals surface area contributed by atoms with Crippen molar-refractivity contribution in [3.63, 3.8) is 0 Å². The Morgan fingerprint density at radius 3 is 2.27 bits per heavy atom. The molecule has 1 unspecified atom stereocenters. The number of nitrogen functional groups attached to an aromatic ring is 1. The molecule has 2 aromatic rings. The van der Waals surface area contributed by atoms with E-state index in [2.05, 4.69) is 5.32 Å². The first kappa shape index (κ1) is 16.5. The molecule has 0 aliphatic carbocycles. The topological polar surface area (TPSA) is 64.3 Å². The molecule has 1 atom stereocenters. The van der Waals surface area contributed by atoms with Crippen LogP contribution in [0.25, 0.3) is 0 Å². The van der Waals surface area contributed by atoms with Crippen LogP contribution in [0.2, 0.25) is 10.0 Å². The summed E-state index contributed by atoms with van der Waals surface area (Å²) < 4.78 is 5.58. The molecule has 0 heterocycles. The van der Waals surface area contributed by atoms with Gasteiger partial charge < -0.3 is 15.8 Å². The summed E-state index contributed by atoms with van der Waals surface area (Å²) in [6.45, 7) is 3.64. The number of anilines is 2. The average molecular weight is 339 g/mol. The van der Waals surface area contributed by atoms with Crippen LogP contribution in [-0.2, 0) is 4.79 Å². The van der Waals surface area contributed by atoms with Gasteiger partial charge in [-0.25, -0.2) is 0 Å². The third-order valence-electron chi connectivity index (χ3n) is 3.05. The minimum absolute atomic E-state index is 0.283. The first-order valence-electron chi connectivity index (χ1n) is 6.65. The number of nitrogens with one attached hydrogen (secondary N) is 1. The SMILES string of the molecule is Cc1ccc(OC(C)C(=O)Nc2cc(Cl)c(N)c(Cl)c2)cc1. The van der Waals surface area contributed by atoms with Crippen LogP contribution >= 0.6 is 23.2 Å². The molecule has 22 heavy (non-hydrogen) atoms. The van der Waals surface area contributed by atoms with Crippen molar-refractivity contribution in [3.05, 3.63) is 52.0 Å². The summed E-state index contributed by atoms with van der Waals surface area (Å²) in [5.74, 6) is 0.319. The van der Waals surface area contributed by atoms with Crippen LogP contribution < -0.4 is 15.8 Å². The number of nitrogens with two attached hydrogens (primary N) is 1. The van der Waals surface area contributed by atoms with Crippen LogP contribution in [0.3, 0.4) is 0 Å². The standard InChI is InChI=1S/C16H16Cl2N2O2/c1-9-3-5-12(6-4-9)22-10(2)16(21)20-11-7-13(17)15(19)14(18)8-11/h3-8,10H,19H2,1-2H3,(H,20,21). The Hall–Kier alpha value is -1.91. The summed E-state index contributed by atoms with van der Waals surface area (Å²) in [4.78, 5) is 12.1. The van der Waals surface area contributed by atoms with Gasteiger partial charge in [-0.2, -0.15) is 0 Å². The number of ether oxygens (including phenoxy) is 1. The highest BCUT2D eigenvalue weighted by Crippen LogP contribution is 2.31. The van der Waals surface area contributed by atoms with Gasteiger partial charge in [-0.3, -0.25) is 4.79 Å². The number of rotatable bonds is 4. The normalized spacial score (nSPS) is 11.8. The van der Waals surface area contributed by atoms with Crippen LogP contribution in [0.4, 0.5) is 11.4 Å². The summed E-state index contributed by atoms with van der Waals surface area (Å²) in [6, 6.07) is 10.5. The van der Waals surface area contributed by atoms with Gasteiger partial charge in [0.15, 0.2) is 6.10 Å². The maximum Gasteiger partial charge on any atom is 0.265 e. The van der Waals surface area contributed by atoms with Gasteiger partial charge in [0.05, 0.1) is 15.7 Å². The fourth-order valence-corrected chi connectivity index (χ4v) is 2.26. The molecule has 116 valence electrons. The number of hydrogen-bond donors (Lipinski definition) is 2. The van der Waals surface area contributed by atoms with Crippen molar-refractivity contribution >= 4 is 40.5 Å². The molecule has 0 saturated carbocycles. The van der Waals surface area contributed by atoms with Crippen molar-refractivity contribution < 1.29 is 9.53 Å². The number of carbonyl (C=O) groups excluding carboxylic acids is 1. The van der Waals surface area contributed by atoms with Crippen LogP contribution in [-0.4, -0.2) is 12.0 Å². The maximum atomic E-state index is 12.1. The third kappa shape index (κ3) is 4.06. The van der Waals surface area contributed by atoms with Crippen molar-refractivity contribution in [3.8, 4) is 5.75 Å². The lowest BCUT2D eigenvalue weighted by Crippen LogP contribution is -2.30. The zero-order valence-corrected chi connectivity index (χ0v) is 13.7. The highest BCUT2D eigenvalue weighted by Gasteiger charge is 2.16. The van der Waals surface area contributed by atoms with Crippen LogP contribution in [0.1, 0.15) is 12.5 Å². The molecule has 0 bridgehead atoms. The van der Waals surface area contributed by atoms with Crippen LogP contribution in [0.15, 0.2) is 36.4 Å². The molecule has 2 rings (SSSR count). The molecule has 0 fully saturated rings. The van der Waals surface area contributed by atoms with Crippen LogP contribution in [0.5, 0.6) is 5.75 Å². The number of aryl methyl sites for hydroxylation is 1. The summed E-state index contributed by atoms with van der Waals surface area (Å²) in [6.07, 6.45) is -0.669. The first-order valence-corrected chi connectivity index (χ1v) is 7.41. The minimum Gasteiger partial charge on any atom is -0.481 e. The molecule has 0 saturated heterocycles. The fourth-order valence-electron chi connectivity index (χ4n) is 1.77. The summed E-state index contributed by atoms with van der Waals surface area (Å²) >= 11 is 11.9. The van der Waals surface area contributed by atoms with Crippen molar-refractivity contribution in [2.45, 2.75) is 20.0 Å². The molecule has 0 spiro atoms. The molecule has 1 amide bonds. The van der Waals surface area contributed by atoms with E-state index >= 15 is 0 Å². The van der Waals surface area contributed by atoms with Gasteiger partial charge in [0.1, 0.15) is 5.75 Å². The van der Waals surface area contributed by atoms with E-state index in [-0.39, 0.29) is 21.6 Å². The second-order valence-electron chi connectivity index (χ2n) is 4.92. The highest BCUT2D eigenvalue weighted by atomic mass is 35.5. The van der Waals surface area contributed by atoms with E-state index in [9.17, 15) is 4.79 Å². The van der Waals surface area contributed by atoms with E-state index in [1.165, 1.54) is 0 Å². The highest BCUT2D eigenvalue weighted by molar-refractivity contribution is 6.39. The Bertz CT molecular complexity index is 664. The molecule has 0 aliphatic heterocycles. The van der Waals surface area contributed by atoms with Gasteiger partial charge in [-0.05, 0) is 38.1 Å². The zero-order valence-electron chi connectivity index (χ0n) is 12.2. The molecule has 2 aromatic carbocycles. The number of amides is 1. The Balaban J connectivity index is 2.03. The van der Waals surface area contributed by atoms with Crippen molar-refractivity contribution in [1.29, 1.82) is 0 Å². The quantitative estimate of drug-likeness (QED) is 0.817. The van der Waals surface area contributed by atoms with Gasteiger partial charge >= 0.3 is 0 Å². The van der Waals surface area contributed by atoms with E-state index in [0.29, 0.717) is 11.4 Å². The smallest absolute Gasteiger partial charge is 0.265 e. The Morgan fingerprint density at radius 1 is 1.18 bits per heavy atom. The molecule has 3 N–H and O–H groups in total. The summed E-state index contributed by atoms with van der Waals surface area (Å²) in [5, 5.41) is 3.27. The van der Waals surface area contributed by atoms with E-state index in [0.717, 1.165) is 5.56 Å². The van der Waals surface area contributed by atoms with E-state index in [1.807, 2.05) is 31.2 Å². The van der Waals surface area contributed by atoms with Gasteiger partial charge in [-0.15, -0.1) is 0 Å². The largest absolute Gasteiger partial charge is 0.481 e. The van der Waals surface area contributed by atoms with E-state index in [1.54, 1.807) is 19.1 Å². The van der Waals surface area contributed by atoms with E-state index in [4.69, 9.17) is 33.7 Å². The Kier molecular flexibility index (Phi) is 5.16. The van der Waals surface area contributed by atoms with Gasteiger partial charge in [0.25, 0.3) is 5.91 Å². The molecule has 0 aliphatic rings. The summed E-state index contributed by atoms with van der Waals surface area (Å²) in [7, 11) is 0. The molecular formula is C16H16Cl2N2O2. The van der Waals surface area contributed by atoms with Crippen LogP contribution in [0, 0.1) is 6.92 Å². The lowest BCUT2D eigenvalue weighted by atomic mass is 10.2. The predicted molar refractivity (Wildman–Crippen MR) is 90.8 cm³/mol. The second-order valence-corrected chi connectivity index (χ2v) is 5.73. The second kappa shape index (κ2) is 6.90. The minimum atomic E-state index is -0.669. The van der Waals surface area contributed by atoms with Gasteiger partial charge in [0.2, 0.25) is 0 Å². The fraction of sp³-hybridized carbons (Fsp3) is 0.188. The maximum absolute atomic E-state index is 12.1. The summed E-state index contributed by atoms with van der Waals surface area (Å²) in [5.41, 5.74) is 7.52. The van der Waals surface area contributed by atoms with Gasteiger partial charge in [0, 0.05) is 5.69 Å². The third-order valence-corrected chi connectivity index (χ3v) is 3.68. The average Bonchev–Trinajstić information content (AvgIpc) is 2.47. The van der Waals surface area contributed by atoms with Crippen molar-refractivity contribution in [2.24, 2.45) is 0 Å². The van der Waals surface area contributed by atoms with Crippen molar-refractivity contribution in [1.82, 2.24) is 0 Å². The Labute approximate surface area is 139 Å². The van der Waals surface area contributed by atoms with Gasteiger partial charge in [-0.1, -0.05) is 40.9 Å². The number of carbonyl (C=O) groups is 1. The van der Waals surface area contributed by atoms with Crippen molar-refractivity contribution in [2.75, 3.05) is 11.1 Å². The predicted octanol–water partition coefficient (Wildman–Crippen LogP) is 4.29. The lowest BCUT2D eigenvalue weighted by Gasteiger charge is -2.15. The number of halogens is 2. The molecule has 0 radical (unpaired) electrons. The molecule has 0 aromatic heterocycles.